The Morgan fingerprint density at radius 2 is 1.96 bits per heavy atom. The number of halogens is 1. The number of thiazole rings is 1. The van der Waals surface area contributed by atoms with Gasteiger partial charge in [0.2, 0.25) is 0 Å². The molecule has 2 heterocycles. The van der Waals surface area contributed by atoms with Crippen molar-refractivity contribution in [2.24, 2.45) is 0 Å². The molecule has 4 rings (SSSR count). The summed E-state index contributed by atoms with van der Waals surface area (Å²) in [6, 6.07) is 9.88. The molecule has 0 saturated carbocycles. The fraction of sp³-hybridized carbons (Fsp3) is 0.111. The molecule has 0 unspecified atom stereocenters. The number of phenolic OH excluding ortho intramolecular Hbond substituents is 1. The second-order valence-electron chi connectivity index (χ2n) is 5.52. The Bertz CT molecular complexity index is 989. The van der Waals surface area contributed by atoms with Crippen LogP contribution in [0.25, 0.3) is 11.3 Å². The largest absolute Gasteiger partial charge is 0.506 e. The molecule has 1 aliphatic rings. The minimum Gasteiger partial charge on any atom is -0.506 e. The highest BCUT2D eigenvalue weighted by atomic mass is 35.5. The van der Waals surface area contributed by atoms with Gasteiger partial charge in [-0.2, -0.15) is 0 Å². The van der Waals surface area contributed by atoms with E-state index in [9.17, 15) is 9.90 Å². The van der Waals surface area contributed by atoms with Crippen LogP contribution >= 0.6 is 22.9 Å². The number of aromatic hydroxyl groups is 1. The molecule has 1 amide bonds. The maximum absolute atomic E-state index is 12.3. The normalized spacial score (nSPS) is 12.7. The van der Waals surface area contributed by atoms with Crippen molar-refractivity contribution in [2.45, 2.75) is 0 Å². The van der Waals surface area contributed by atoms with E-state index >= 15 is 0 Å². The van der Waals surface area contributed by atoms with E-state index < -0.39 is 0 Å². The summed E-state index contributed by atoms with van der Waals surface area (Å²) in [6.45, 7) is 1.06. The van der Waals surface area contributed by atoms with E-state index in [-0.39, 0.29) is 16.7 Å². The van der Waals surface area contributed by atoms with E-state index in [0.29, 0.717) is 35.4 Å². The Morgan fingerprint density at radius 1 is 1.15 bits per heavy atom. The summed E-state index contributed by atoms with van der Waals surface area (Å²) >= 11 is 7.15. The Balaban J connectivity index is 1.52. The molecule has 26 heavy (non-hydrogen) atoms. The van der Waals surface area contributed by atoms with E-state index in [1.54, 1.807) is 0 Å². The first-order valence-corrected chi connectivity index (χ1v) is 9.01. The molecule has 8 heteroatoms. The third-order valence-electron chi connectivity index (χ3n) is 3.77. The van der Waals surface area contributed by atoms with Crippen molar-refractivity contribution in [1.82, 2.24) is 4.98 Å². The molecule has 0 spiro atoms. The fourth-order valence-electron chi connectivity index (χ4n) is 2.48. The minimum atomic E-state index is -0.352. The molecular weight excluding hydrogens is 376 g/mol. The van der Waals surface area contributed by atoms with Gasteiger partial charge in [0, 0.05) is 16.5 Å². The number of nitrogens with zero attached hydrogens (tertiary/aromatic N) is 1. The van der Waals surface area contributed by atoms with E-state index in [0.717, 1.165) is 11.3 Å². The highest BCUT2D eigenvalue weighted by Crippen LogP contribution is 2.35. The molecule has 0 saturated heterocycles. The number of fused-ring (bicyclic) bond motifs is 1. The number of amides is 1. The summed E-state index contributed by atoms with van der Waals surface area (Å²) in [4.78, 5) is 16.7. The van der Waals surface area contributed by atoms with Crippen molar-refractivity contribution < 1.29 is 19.4 Å². The number of hydrogen-bond donors (Lipinski definition) is 2. The zero-order valence-corrected chi connectivity index (χ0v) is 14.9. The second-order valence-corrected chi connectivity index (χ2v) is 6.78. The summed E-state index contributed by atoms with van der Waals surface area (Å²) in [5.74, 6) is 0.979. The standard InChI is InChI=1S/C18H13ClN2O4S/c19-12-7-11(1-3-14(12)22)17(23)21-18-20-13(9-26-18)10-2-4-15-16(8-10)25-6-5-24-15/h1-4,7-9,22H,5-6H2,(H,20,21,23). The van der Waals surface area contributed by atoms with Crippen molar-refractivity contribution in [1.29, 1.82) is 0 Å². The first-order valence-electron chi connectivity index (χ1n) is 7.75. The quantitative estimate of drug-likeness (QED) is 0.703. The minimum absolute atomic E-state index is 0.0710. The van der Waals surface area contributed by atoms with Gasteiger partial charge < -0.3 is 14.6 Å². The monoisotopic (exact) mass is 388 g/mol. The highest BCUT2D eigenvalue weighted by Gasteiger charge is 2.15. The Morgan fingerprint density at radius 3 is 2.77 bits per heavy atom. The fourth-order valence-corrected chi connectivity index (χ4v) is 3.38. The van der Waals surface area contributed by atoms with Crippen LogP contribution in [-0.4, -0.2) is 29.2 Å². The van der Waals surface area contributed by atoms with Crippen LogP contribution in [0.3, 0.4) is 0 Å². The van der Waals surface area contributed by atoms with Crippen molar-refractivity contribution in [3.63, 3.8) is 0 Å². The van der Waals surface area contributed by atoms with E-state index in [1.807, 2.05) is 23.6 Å². The molecule has 1 aliphatic heterocycles. The number of carbonyl (C=O) groups excluding carboxylic acids is 1. The van der Waals surface area contributed by atoms with Gasteiger partial charge in [0.15, 0.2) is 16.6 Å². The van der Waals surface area contributed by atoms with Gasteiger partial charge in [-0.25, -0.2) is 4.98 Å². The number of carbonyl (C=O) groups is 1. The zero-order chi connectivity index (χ0) is 18.1. The maximum atomic E-state index is 12.3. The predicted molar refractivity (Wildman–Crippen MR) is 99.6 cm³/mol. The van der Waals surface area contributed by atoms with Crippen LogP contribution in [0.2, 0.25) is 5.02 Å². The number of ether oxygens (including phenoxy) is 2. The van der Waals surface area contributed by atoms with E-state index in [2.05, 4.69) is 10.3 Å². The van der Waals surface area contributed by atoms with Crippen LogP contribution in [0, 0.1) is 0 Å². The Labute approximate surface area is 158 Å². The topological polar surface area (TPSA) is 80.7 Å². The van der Waals surface area contributed by atoms with Gasteiger partial charge in [-0.15, -0.1) is 11.3 Å². The van der Waals surface area contributed by atoms with Crippen LogP contribution in [0.1, 0.15) is 10.4 Å². The van der Waals surface area contributed by atoms with E-state index in [4.69, 9.17) is 21.1 Å². The molecule has 2 N–H and O–H groups in total. The van der Waals surface area contributed by atoms with Gasteiger partial charge in [-0.1, -0.05) is 11.6 Å². The number of hydrogen-bond acceptors (Lipinski definition) is 6. The molecule has 0 aliphatic carbocycles. The smallest absolute Gasteiger partial charge is 0.257 e. The molecule has 0 radical (unpaired) electrons. The van der Waals surface area contributed by atoms with Crippen LogP contribution in [0.5, 0.6) is 17.2 Å². The number of benzene rings is 2. The van der Waals surface area contributed by atoms with Crippen molar-refractivity contribution in [3.8, 4) is 28.5 Å². The Hall–Kier alpha value is -2.77. The van der Waals surface area contributed by atoms with Gasteiger partial charge in [0.1, 0.15) is 19.0 Å². The zero-order valence-electron chi connectivity index (χ0n) is 13.4. The molecule has 1 aromatic heterocycles. The van der Waals surface area contributed by atoms with Crippen LogP contribution in [-0.2, 0) is 0 Å². The third kappa shape index (κ3) is 3.31. The first kappa shape index (κ1) is 16.7. The lowest BCUT2D eigenvalue weighted by molar-refractivity contribution is 0.102. The molecule has 6 nitrogen and oxygen atoms in total. The predicted octanol–water partition coefficient (Wildman–Crippen LogP) is 4.19. The van der Waals surface area contributed by atoms with Gasteiger partial charge in [-0.05, 0) is 36.4 Å². The van der Waals surface area contributed by atoms with Crippen molar-refractivity contribution >= 4 is 34.0 Å². The highest BCUT2D eigenvalue weighted by molar-refractivity contribution is 7.14. The van der Waals surface area contributed by atoms with Crippen molar-refractivity contribution in [2.75, 3.05) is 18.5 Å². The molecule has 0 fully saturated rings. The maximum Gasteiger partial charge on any atom is 0.257 e. The second kappa shape index (κ2) is 6.86. The lowest BCUT2D eigenvalue weighted by Gasteiger charge is -2.18. The average Bonchev–Trinajstić information content (AvgIpc) is 3.12. The van der Waals surface area contributed by atoms with Gasteiger partial charge in [-0.3, -0.25) is 10.1 Å². The molecule has 0 atom stereocenters. The molecule has 132 valence electrons. The number of aromatic nitrogens is 1. The molecular formula is C18H13ClN2O4S. The lowest BCUT2D eigenvalue weighted by Crippen LogP contribution is -2.15. The number of rotatable bonds is 3. The summed E-state index contributed by atoms with van der Waals surface area (Å²) in [5.41, 5.74) is 1.94. The number of phenols is 1. The summed E-state index contributed by atoms with van der Waals surface area (Å²) in [5, 5.41) is 14.6. The number of nitrogens with one attached hydrogen (secondary N) is 1. The van der Waals surface area contributed by atoms with Crippen molar-refractivity contribution in [3.05, 3.63) is 52.4 Å². The van der Waals surface area contributed by atoms with Gasteiger partial charge in [0.25, 0.3) is 5.91 Å². The van der Waals surface area contributed by atoms with Gasteiger partial charge in [0.05, 0.1) is 10.7 Å². The lowest BCUT2D eigenvalue weighted by atomic mass is 10.1. The Kier molecular flexibility index (Phi) is 4.40. The molecule has 2 aromatic carbocycles. The third-order valence-corrected chi connectivity index (χ3v) is 4.83. The molecule has 3 aromatic rings. The van der Waals surface area contributed by atoms with E-state index in [1.165, 1.54) is 29.5 Å². The summed E-state index contributed by atoms with van der Waals surface area (Å²) in [7, 11) is 0. The average molecular weight is 389 g/mol. The van der Waals surface area contributed by atoms with Crippen LogP contribution in [0.4, 0.5) is 5.13 Å². The number of anilines is 1. The SMILES string of the molecule is O=C(Nc1nc(-c2ccc3c(c2)OCCO3)cs1)c1ccc(O)c(Cl)c1. The van der Waals surface area contributed by atoms with Gasteiger partial charge >= 0.3 is 0 Å². The van der Waals surface area contributed by atoms with Crippen LogP contribution in [0.15, 0.2) is 41.8 Å². The summed E-state index contributed by atoms with van der Waals surface area (Å²) < 4.78 is 11.1. The molecule has 0 bridgehead atoms. The van der Waals surface area contributed by atoms with Crippen LogP contribution < -0.4 is 14.8 Å². The first-order chi connectivity index (χ1) is 12.6. The summed E-state index contributed by atoms with van der Waals surface area (Å²) in [6.07, 6.45) is 0.